The van der Waals surface area contributed by atoms with E-state index in [-0.39, 0.29) is 11.5 Å². The summed E-state index contributed by atoms with van der Waals surface area (Å²) in [6, 6.07) is 3.49. The summed E-state index contributed by atoms with van der Waals surface area (Å²) in [5, 5.41) is 2.94. The van der Waals surface area contributed by atoms with Crippen molar-refractivity contribution in [2.45, 2.75) is 51.9 Å². The lowest BCUT2D eigenvalue weighted by Crippen LogP contribution is -2.03. The number of unbranched alkanes of at least 4 members (excludes halogenated alkanes) is 6. The lowest BCUT2D eigenvalue weighted by molar-refractivity contribution is 0.591. The molecule has 3 heteroatoms. The Morgan fingerprint density at radius 3 is 2.33 bits per heavy atom. The fourth-order valence-corrected chi connectivity index (χ4v) is 1.94. The fraction of sp³-hybridized carbons (Fsp3) is 0.600. The summed E-state index contributed by atoms with van der Waals surface area (Å²) in [5.74, 6) is -0.794. The SMILES string of the molecule is CCCCCCCCCNc1cc(F)ccc1F. The monoisotopic (exact) mass is 255 g/mol. The van der Waals surface area contributed by atoms with Gasteiger partial charge in [0.1, 0.15) is 11.6 Å². The normalized spacial score (nSPS) is 10.6. The second kappa shape index (κ2) is 8.90. The predicted octanol–water partition coefficient (Wildman–Crippen LogP) is 5.13. The first kappa shape index (κ1) is 14.9. The van der Waals surface area contributed by atoms with Gasteiger partial charge in [-0.15, -0.1) is 0 Å². The Morgan fingerprint density at radius 1 is 0.944 bits per heavy atom. The van der Waals surface area contributed by atoms with E-state index < -0.39 is 5.82 Å². The molecular weight excluding hydrogens is 232 g/mol. The number of benzene rings is 1. The zero-order valence-corrected chi connectivity index (χ0v) is 11.1. The van der Waals surface area contributed by atoms with E-state index in [9.17, 15) is 8.78 Å². The molecule has 18 heavy (non-hydrogen) atoms. The van der Waals surface area contributed by atoms with Crippen molar-refractivity contribution in [2.75, 3.05) is 11.9 Å². The summed E-state index contributed by atoms with van der Waals surface area (Å²) in [6.45, 7) is 2.91. The van der Waals surface area contributed by atoms with Crippen LogP contribution >= 0.6 is 0 Å². The lowest BCUT2D eigenvalue weighted by atomic mass is 10.1. The van der Waals surface area contributed by atoms with Gasteiger partial charge in [-0.1, -0.05) is 45.4 Å². The van der Waals surface area contributed by atoms with Crippen molar-refractivity contribution < 1.29 is 8.78 Å². The van der Waals surface area contributed by atoms with Crippen LogP contribution in [0.1, 0.15) is 51.9 Å². The molecule has 0 saturated carbocycles. The fourth-order valence-electron chi connectivity index (χ4n) is 1.94. The summed E-state index contributed by atoms with van der Waals surface area (Å²) < 4.78 is 26.1. The molecule has 1 rings (SSSR count). The standard InChI is InChI=1S/C15H23F2N/c1-2-3-4-5-6-7-8-11-18-15-12-13(16)9-10-14(15)17/h9-10,12,18H,2-8,11H2,1H3. The average molecular weight is 255 g/mol. The Labute approximate surface area is 109 Å². The zero-order valence-electron chi connectivity index (χ0n) is 11.1. The lowest BCUT2D eigenvalue weighted by Gasteiger charge is -2.07. The Kier molecular flexibility index (Phi) is 7.38. The van der Waals surface area contributed by atoms with E-state index in [2.05, 4.69) is 12.2 Å². The van der Waals surface area contributed by atoms with Gasteiger partial charge >= 0.3 is 0 Å². The van der Waals surface area contributed by atoms with Crippen LogP contribution in [0.4, 0.5) is 14.5 Å². The van der Waals surface area contributed by atoms with Crippen LogP contribution in [0.25, 0.3) is 0 Å². The highest BCUT2D eigenvalue weighted by Crippen LogP contribution is 2.15. The number of hydrogen-bond donors (Lipinski definition) is 1. The summed E-state index contributed by atoms with van der Waals surface area (Å²) in [7, 11) is 0. The molecule has 0 amide bonds. The molecule has 1 nitrogen and oxygen atoms in total. The second-order valence-corrected chi connectivity index (χ2v) is 4.67. The molecule has 0 aliphatic carbocycles. The molecule has 0 spiro atoms. The highest BCUT2D eigenvalue weighted by Gasteiger charge is 2.02. The van der Waals surface area contributed by atoms with Gasteiger partial charge in [-0.3, -0.25) is 0 Å². The number of rotatable bonds is 9. The van der Waals surface area contributed by atoms with E-state index >= 15 is 0 Å². The molecule has 0 aliphatic heterocycles. The first-order valence-corrected chi connectivity index (χ1v) is 6.93. The Morgan fingerprint density at radius 2 is 1.61 bits per heavy atom. The molecular formula is C15H23F2N. The molecule has 1 aromatic carbocycles. The summed E-state index contributed by atoms with van der Waals surface area (Å²) in [4.78, 5) is 0. The maximum Gasteiger partial charge on any atom is 0.146 e. The summed E-state index contributed by atoms with van der Waals surface area (Å²) in [5.41, 5.74) is 0.265. The van der Waals surface area contributed by atoms with Crippen molar-refractivity contribution in [3.05, 3.63) is 29.8 Å². The first-order chi connectivity index (χ1) is 8.74. The van der Waals surface area contributed by atoms with Crippen molar-refractivity contribution in [3.63, 3.8) is 0 Å². The third kappa shape index (κ3) is 5.99. The van der Waals surface area contributed by atoms with Crippen LogP contribution in [0, 0.1) is 11.6 Å². The first-order valence-electron chi connectivity index (χ1n) is 6.93. The molecule has 0 fully saturated rings. The van der Waals surface area contributed by atoms with Gasteiger partial charge < -0.3 is 5.32 Å². The van der Waals surface area contributed by atoms with Gasteiger partial charge in [0.15, 0.2) is 0 Å². The topological polar surface area (TPSA) is 12.0 Å². The smallest absolute Gasteiger partial charge is 0.146 e. The number of anilines is 1. The summed E-state index contributed by atoms with van der Waals surface area (Å²) in [6.07, 6.45) is 8.54. The Balaban J connectivity index is 2.09. The molecule has 0 unspecified atom stereocenters. The highest BCUT2D eigenvalue weighted by molar-refractivity contribution is 5.44. The second-order valence-electron chi connectivity index (χ2n) is 4.67. The quantitative estimate of drug-likeness (QED) is 0.603. The van der Waals surface area contributed by atoms with Crippen molar-refractivity contribution in [1.29, 1.82) is 0 Å². The van der Waals surface area contributed by atoms with Gasteiger partial charge in [0.25, 0.3) is 0 Å². The molecule has 0 aromatic heterocycles. The van der Waals surface area contributed by atoms with Crippen LogP contribution in [0.15, 0.2) is 18.2 Å². The van der Waals surface area contributed by atoms with Crippen molar-refractivity contribution in [3.8, 4) is 0 Å². The van der Waals surface area contributed by atoms with Gasteiger partial charge in [-0.05, 0) is 24.6 Å². The average Bonchev–Trinajstić information content (AvgIpc) is 2.36. The van der Waals surface area contributed by atoms with Crippen LogP contribution in [0.3, 0.4) is 0 Å². The minimum atomic E-state index is -0.404. The maximum absolute atomic E-state index is 13.3. The Hall–Kier alpha value is -1.12. The molecule has 0 heterocycles. The van der Waals surface area contributed by atoms with E-state index in [4.69, 9.17) is 0 Å². The van der Waals surface area contributed by atoms with E-state index in [0.717, 1.165) is 25.0 Å². The largest absolute Gasteiger partial charge is 0.383 e. The molecule has 0 atom stereocenters. The van der Waals surface area contributed by atoms with Crippen molar-refractivity contribution in [2.24, 2.45) is 0 Å². The van der Waals surface area contributed by atoms with E-state index in [0.29, 0.717) is 6.54 Å². The molecule has 1 aromatic rings. The predicted molar refractivity (Wildman–Crippen MR) is 72.8 cm³/mol. The van der Waals surface area contributed by atoms with Crippen LogP contribution in [-0.2, 0) is 0 Å². The maximum atomic E-state index is 13.3. The minimum Gasteiger partial charge on any atom is -0.383 e. The van der Waals surface area contributed by atoms with Crippen LogP contribution in [0.5, 0.6) is 0 Å². The summed E-state index contributed by atoms with van der Waals surface area (Å²) >= 11 is 0. The zero-order chi connectivity index (χ0) is 13.2. The molecule has 0 aliphatic rings. The van der Waals surface area contributed by atoms with Gasteiger partial charge in [0, 0.05) is 6.54 Å². The van der Waals surface area contributed by atoms with Crippen molar-refractivity contribution >= 4 is 5.69 Å². The van der Waals surface area contributed by atoms with E-state index in [1.54, 1.807) is 0 Å². The molecule has 0 saturated heterocycles. The van der Waals surface area contributed by atoms with Crippen molar-refractivity contribution in [1.82, 2.24) is 0 Å². The molecule has 0 radical (unpaired) electrons. The third-order valence-corrected chi connectivity index (χ3v) is 3.02. The van der Waals surface area contributed by atoms with Crippen LogP contribution in [0.2, 0.25) is 0 Å². The van der Waals surface area contributed by atoms with Gasteiger partial charge in [0.05, 0.1) is 5.69 Å². The van der Waals surface area contributed by atoms with Crippen LogP contribution < -0.4 is 5.32 Å². The highest BCUT2D eigenvalue weighted by atomic mass is 19.1. The van der Waals surface area contributed by atoms with Gasteiger partial charge in [0.2, 0.25) is 0 Å². The molecule has 102 valence electrons. The minimum absolute atomic E-state index is 0.265. The number of hydrogen-bond acceptors (Lipinski definition) is 1. The number of nitrogens with one attached hydrogen (secondary N) is 1. The van der Waals surface area contributed by atoms with E-state index in [1.165, 1.54) is 38.2 Å². The molecule has 0 bridgehead atoms. The third-order valence-electron chi connectivity index (χ3n) is 3.02. The van der Waals surface area contributed by atoms with Crippen LogP contribution in [-0.4, -0.2) is 6.54 Å². The number of halogens is 2. The van der Waals surface area contributed by atoms with Gasteiger partial charge in [-0.2, -0.15) is 0 Å². The molecule has 1 N–H and O–H groups in total. The van der Waals surface area contributed by atoms with E-state index in [1.807, 2.05) is 0 Å². The van der Waals surface area contributed by atoms with Gasteiger partial charge in [-0.25, -0.2) is 8.78 Å². The Bertz CT molecular complexity index is 339.